The summed E-state index contributed by atoms with van der Waals surface area (Å²) in [7, 11) is 0. The summed E-state index contributed by atoms with van der Waals surface area (Å²) in [6.07, 6.45) is 1.96. The Balaban J connectivity index is 1.52. The summed E-state index contributed by atoms with van der Waals surface area (Å²) in [6, 6.07) is 11.3. The molecule has 0 radical (unpaired) electrons. The molecule has 0 bridgehead atoms. The first kappa shape index (κ1) is 20.8. The summed E-state index contributed by atoms with van der Waals surface area (Å²) in [5.74, 6) is -1.42. The Morgan fingerprint density at radius 2 is 1.77 bits per heavy atom. The average Bonchev–Trinajstić information content (AvgIpc) is 2.80. The minimum Gasteiger partial charge on any atom is -0.507 e. The number of carboxylic acids is 1. The van der Waals surface area contributed by atoms with Gasteiger partial charge in [0.15, 0.2) is 0 Å². The lowest BCUT2D eigenvalue weighted by molar-refractivity contribution is -0.0209. The Morgan fingerprint density at radius 3 is 2.48 bits per heavy atom. The minimum absolute atomic E-state index is 0.0372. The summed E-state index contributed by atoms with van der Waals surface area (Å²) >= 11 is 0. The highest BCUT2D eigenvalue weighted by Crippen LogP contribution is 2.30. The van der Waals surface area contributed by atoms with Crippen molar-refractivity contribution >= 4 is 22.8 Å². The van der Waals surface area contributed by atoms with Crippen molar-refractivity contribution in [2.24, 2.45) is 0 Å². The first-order valence-electron chi connectivity index (χ1n) is 9.91. The molecule has 8 heteroatoms. The van der Waals surface area contributed by atoms with Crippen LogP contribution < -0.4 is 0 Å². The molecule has 1 aliphatic rings. The largest absolute Gasteiger partial charge is 0.507 e. The van der Waals surface area contributed by atoms with Crippen molar-refractivity contribution in [1.82, 2.24) is 9.88 Å². The highest BCUT2D eigenvalue weighted by atomic mass is 16.5. The lowest BCUT2D eigenvalue weighted by Crippen LogP contribution is -2.38. The third kappa shape index (κ3) is 4.82. The molecule has 0 aliphatic carbocycles. The summed E-state index contributed by atoms with van der Waals surface area (Å²) in [5, 5.41) is 20.3. The fraction of sp³-hybridized carbons (Fsp3) is 0.261. The number of morpholine rings is 1. The summed E-state index contributed by atoms with van der Waals surface area (Å²) in [6.45, 7) is 2.86. The zero-order chi connectivity index (χ0) is 21.8. The van der Waals surface area contributed by atoms with Gasteiger partial charge in [-0.2, -0.15) is 0 Å². The van der Waals surface area contributed by atoms with Crippen molar-refractivity contribution < 1.29 is 29.3 Å². The Morgan fingerprint density at radius 1 is 1.06 bits per heavy atom. The van der Waals surface area contributed by atoms with E-state index >= 15 is 0 Å². The molecule has 1 fully saturated rings. The van der Waals surface area contributed by atoms with Crippen molar-refractivity contribution in [3.63, 3.8) is 0 Å². The molecule has 1 aliphatic heterocycles. The molecular weight excluding hydrogens is 400 g/mol. The van der Waals surface area contributed by atoms with Gasteiger partial charge in [-0.05, 0) is 35.9 Å². The van der Waals surface area contributed by atoms with Gasteiger partial charge in [-0.1, -0.05) is 12.1 Å². The van der Waals surface area contributed by atoms with Gasteiger partial charge >= 0.3 is 11.9 Å². The molecule has 0 unspecified atom stereocenters. The van der Waals surface area contributed by atoms with Crippen molar-refractivity contribution in [2.45, 2.75) is 6.42 Å². The number of aromatic nitrogens is 1. The predicted molar refractivity (Wildman–Crippen MR) is 112 cm³/mol. The van der Waals surface area contributed by atoms with E-state index in [-0.39, 0.29) is 18.0 Å². The van der Waals surface area contributed by atoms with Gasteiger partial charge in [0.05, 0.1) is 29.9 Å². The van der Waals surface area contributed by atoms with Crippen molar-refractivity contribution in [3.8, 4) is 5.75 Å². The first-order valence-corrected chi connectivity index (χ1v) is 9.91. The summed E-state index contributed by atoms with van der Waals surface area (Å²) in [5.41, 5.74) is 2.51. The van der Waals surface area contributed by atoms with Crippen molar-refractivity contribution in [2.75, 3.05) is 33.0 Å². The van der Waals surface area contributed by atoms with E-state index in [0.29, 0.717) is 54.8 Å². The van der Waals surface area contributed by atoms with Crippen LogP contribution in [0.2, 0.25) is 0 Å². The third-order valence-corrected chi connectivity index (χ3v) is 5.23. The molecule has 160 valence electrons. The molecule has 1 aromatic heterocycles. The molecule has 31 heavy (non-hydrogen) atoms. The lowest BCUT2D eigenvalue weighted by atomic mass is 10.0. The van der Waals surface area contributed by atoms with E-state index in [1.54, 1.807) is 36.5 Å². The van der Waals surface area contributed by atoms with Crippen LogP contribution in [0.1, 0.15) is 31.8 Å². The maximum Gasteiger partial charge on any atom is 0.339 e. The van der Waals surface area contributed by atoms with Gasteiger partial charge in [0.2, 0.25) is 0 Å². The number of carboxylic acid groups (broad SMARTS) is 1. The first-order chi connectivity index (χ1) is 15.0. The van der Waals surface area contributed by atoms with E-state index in [1.807, 2.05) is 4.90 Å². The highest BCUT2D eigenvalue weighted by Gasteiger charge is 2.16. The summed E-state index contributed by atoms with van der Waals surface area (Å²) in [4.78, 5) is 29.8. The number of carbonyl (C=O) groups excluding carboxylic acids is 1. The quantitative estimate of drug-likeness (QED) is 0.584. The molecule has 1 saturated heterocycles. The van der Waals surface area contributed by atoms with Gasteiger partial charge in [0.25, 0.3) is 0 Å². The second kappa shape index (κ2) is 9.11. The number of carbonyl (C=O) groups is 2. The summed E-state index contributed by atoms with van der Waals surface area (Å²) < 4.78 is 10.7. The molecule has 0 amide bonds. The van der Waals surface area contributed by atoms with Crippen LogP contribution in [-0.4, -0.2) is 65.1 Å². The topological polar surface area (TPSA) is 109 Å². The average molecular weight is 422 g/mol. The molecular formula is C23H22N2O6. The van der Waals surface area contributed by atoms with Gasteiger partial charge < -0.3 is 19.7 Å². The van der Waals surface area contributed by atoms with Crippen LogP contribution in [0.25, 0.3) is 10.9 Å². The van der Waals surface area contributed by atoms with Crippen LogP contribution in [0.5, 0.6) is 5.75 Å². The Bertz CT molecular complexity index is 1110. The second-order valence-electron chi connectivity index (χ2n) is 7.33. The van der Waals surface area contributed by atoms with E-state index in [4.69, 9.17) is 14.6 Å². The number of nitrogens with zero attached hydrogens (tertiary/aromatic N) is 2. The number of benzene rings is 2. The smallest absolute Gasteiger partial charge is 0.339 e. The van der Waals surface area contributed by atoms with Crippen LogP contribution in [0.4, 0.5) is 0 Å². The van der Waals surface area contributed by atoms with Gasteiger partial charge in [-0.15, -0.1) is 0 Å². The zero-order valence-corrected chi connectivity index (χ0v) is 16.8. The monoisotopic (exact) mass is 422 g/mol. The van der Waals surface area contributed by atoms with Gasteiger partial charge in [0.1, 0.15) is 12.5 Å². The molecule has 2 aromatic carbocycles. The van der Waals surface area contributed by atoms with Crippen LogP contribution in [0.3, 0.4) is 0 Å². The normalized spacial score (nSPS) is 14.5. The Hall–Kier alpha value is -3.49. The number of pyridine rings is 1. The van der Waals surface area contributed by atoms with Crippen molar-refractivity contribution in [1.29, 1.82) is 0 Å². The molecule has 4 rings (SSSR count). The van der Waals surface area contributed by atoms with E-state index in [0.717, 1.165) is 5.56 Å². The number of aromatic hydroxyl groups is 1. The fourth-order valence-corrected chi connectivity index (χ4v) is 3.42. The lowest BCUT2D eigenvalue weighted by Gasteiger charge is -2.25. The molecule has 0 saturated carbocycles. The van der Waals surface area contributed by atoms with Crippen molar-refractivity contribution in [3.05, 3.63) is 70.9 Å². The van der Waals surface area contributed by atoms with Gasteiger partial charge in [0, 0.05) is 36.7 Å². The van der Waals surface area contributed by atoms with Crippen LogP contribution >= 0.6 is 0 Å². The molecule has 3 aromatic rings. The molecule has 0 spiro atoms. The molecule has 2 heterocycles. The van der Waals surface area contributed by atoms with E-state index in [2.05, 4.69) is 4.98 Å². The third-order valence-electron chi connectivity index (χ3n) is 5.23. The number of hydrogen-bond donors (Lipinski definition) is 2. The fourth-order valence-electron chi connectivity index (χ4n) is 3.42. The number of rotatable bonds is 6. The standard InChI is InChI=1S/C23H22N2O6/c26-21-18(11-15-1-3-16(4-2-15)22(27)28)13-24-20-6-5-17(12-19(20)21)23(29)31-14-25-7-9-30-10-8-25/h1-6,12-13H,7-11,14H2,(H,24,26)(H,27,28). The van der Waals surface area contributed by atoms with E-state index < -0.39 is 11.9 Å². The Kier molecular flexibility index (Phi) is 6.11. The number of esters is 1. The number of fused-ring (bicyclic) bond motifs is 1. The van der Waals surface area contributed by atoms with Crippen LogP contribution in [0.15, 0.2) is 48.7 Å². The maximum absolute atomic E-state index is 12.5. The van der Waals surface area contributed by atoms with E-state index in [1.165, 1.54) is 12.1 Å². The predicted octanol–water partition coefficient (Wildman–Crippen LogP) is 2.68. The molecule has 2 N–H and O–H groups in total. The number of ether oxygens (including phenoxy) is 2. The molecule has 0 atom stereocenters. The second-order valence-corrected chi connectivity index (χ2v) is 7.33. The highest BCUT2D eigenvalue weighted by molar-refractivity contribution is 5.96. The maximum atomic E-state index is 12.5. The molecule has 8 nitrogen and oxygen atoms in total. The number of hydrogen-bond acceptors (Lipinski definition) is 7. The van der Waals surface area contributed by atoms with Gasteiger partial charge in [-0.25, -0.2) is 9.59 Å². The Labute approximate surface area is 178 Å². The van der Waals surface area contributed by atoms with Crippen LogP contribution in [-0.2, 0) is 15.9 Å². The number of aromatic carboxylic acids is 1. The van der Waals surface area contributed by atoms with Crippen LogP contribution in [0, 0.1) is 0 Å². The van der Waals surface area contributed by atoms with Gasteiger partial charge in [-0.3, -0.25) is 9.88 Å². The zero-order valence-electron chi connectivity index (χ0n) is 16.8. The SMILES string of the molecule is O=C(O)c1ccc(Cc2cnc3ccc(C(=O)OCN4CCOCC4)cc3c2O)cc1. The minimum atomic E-state index is -0.991. The van der Waals surface area contributed by atoms with E-state index in [9.17, 15) is 14.7 Å².